The molecule has 0 aliphatic rings. The van der Waals surface area contributed by atoms with E-state index in [0.717, 1.165) is 16.7 Å². The van der Waals surface area contributed by atoms with Gasteiger partial charge in [0.25, 0.3) is 0 Å². The molecular formula is C13H19N3O2S. The van der Waals surface area contributed by atoms with E-state index < -0.39 is 0 Å². The second kappa shape index (κ2) is 5.71. The highest BCUT2D eigenvalue weighted by Crippen LogP contribution is 2.26. The highest BCUT2D eigenvalue weighted by Gasteiger charge is 2.21. The Balaban J connectivity index is 2.11. The summed E-state index contributed by atoms with van der Waals surface area (Å²) < 4.78 is 15.0. The SMILES string of the molecule is COCC(Nc1nc(C(C)(C)C)ns1)c1ccco1. The van der Waals surface area contributed by atoms with Crippen molar-refractivity contribution in [3.05, 3.63) is 30.0 Å². The van der Waals surface area contributed by atoms with Crippen molar-refractivity contribution >= 4 is 16.7 Å². The van der Waals surface area contributed by atoms with Gasteiger partial charge in [0, 0.05) is 24.1 Å². The standard InChI is InChI=1S/C13H19N3O2S/c1-13(2,3)11-15-12(19-16-11)14-9(8-17-4)10-6-5-7-18-10/h5-7,9H,8H2,1-4H3,(H,14,15,16). The average molecular weight is 281 g/mol. The fourth-order valence-electron chi connectivity index (χ4n) is 1.59. The number of ether oxygens (including phenoxy) is 1. The minimum Gasteiger partial charge on any atom is -0.467 e. The lowest BCUT2D eigenvalue weighted by atomic mass is 9.96. The highest BCUT2D eigenvalue weighted by atomic mass is 32.1. The summed E-state index contributed by atoms with van der Waals surface area (Å²) in [5.74, 6) is 1.67. The predicted molar refractivity (Wildman–Crippen MR) is 75.6 cm³/mol. The number of anilines is 1. The van der Waals surface area contributed by atoms with Crippen molar-refractivity contribution in [2.45, 2.75) is 32.2 Å². The van der Waals surface area contributed by atoms with Crippen molar-refractivity contribution in [3.8, 4) is 0 Å². The van der Waals surface area contributed by atoms with Crippen LogP contribution < -0.4 is 5.32 Å². The molecule has 0 fully saturated rings. The molecule has 2 aromatic heterocycles. The zero-order chi connectivity index (χ0) is 13.9. The maximum atomic E-state index is 5.41. The lowest BCUT2D eigenvalue weighted by Gasteiger charge is -2.15. The molecule has 6 heteroatoms. The fraction of sp³-hybridized carbons (Fsp3) is 0.538. The number of furan rings is 1. The fourth-order valence-corrected chi connectivity index (χ4v) is 2.40. The Morgan fingerprint density at radius 3 is 2.79 bits per heavy atom. The Hall–Kier alpha value is -1.40. The van der Waals surface area contributed by atoms with Crippen molar-refractivity contribution in [1.82, 2.24) is 9.36 Å². The van der Waals surface area contributed by atoms with Gasteiger partial charge in [0.15, 0.2) is 0 Å². The Labute approximate surface area is 117 Å². The number of nitrogens with one attached hydrogen (secondary N) is 1. The van der Waals surface area contributed by atoms with Crippen LogP contribution >= 0.6 is 11.5 Å². The van der Waals surface area contributed by atoms with Gasteiger partial charge in [-0.2, -0.15) is 4.37 Å². The van der Waals surface area contributed by atoms with E-state index in [1.807, 2.05) is 12.1 Å². The zero-order valence-electron chi connectivity index (χ0n) is 11.6. The molecule has 0 aliphatic carbocycles. The predicted octanol–water partition coefficient (Wildman–Crippen LogP) is 3.23. The lowest BCUT2D eigenvalue weighted by molar-refractivity contribution is 0.179. The summed E-state index contributed by atoms with van der Waals surface area (Å²) in [6, 6.07) is 3.73. The first-order valence-electron chi connectivity index (χ1n) is 6.14. The summed E-state index contributed by atoms with van der Waals surface area (Å²) in [7, 11) is 1.66. The first kappa shape index (κ1) is 14.0. The Kier molecular flexibility index (Phi) is 4.21. The minimum atomic E-state index is -0.0548. The van der Waals surface area contributed by atoms with Crippen LogP contribution in [-0.4, -0.2) is 23.1 Å². The van der Waals surface area contributed by atoms with Crippen molar-refractivity contribution in [2.24, 2.45) is 0 Å². The van der Waals surface area contributed by atoms with Gasteiger partial charge < -0.3 is 14.5 Å². The van der Waals surface area contributed by atoms with E-state index in [-0.39, 0.29) is 11.5 Å². The van der Waals surface area contributed by atoms with E-state index in [9.17, 15) is 0 Å². The van der Waals surface area contributed by atoms with Crippen LogP contribution in [0.1, 0.15) is 38.4 Å². The molecule has 1 unspecified atom stereocenters. The second-order valence-corrected chi connectivity index (χ2v) is 6.09. The Bertz CT molecular complexity index is 502. The molecule has 0 saturated heterocycles. The third-order valence-electron chi connectivity index (χ3n) is 2.61. The number of methoxy groups -OCH3 is 1. The largest absolute Gasteiger partial charge is 0.467 e. The summed E-state index contributed by atoms with van der Waals surface area (Å²) in [4.78, 5) is 4.51. The topological polar surface area (TPSA) is 60.2 Å². The van der Waals surface area contributed by atoms with Crippen LogP contribution in [0.3, 0.4) is 0 Å². The van der Waals surface area contributed by atoms with Gasteiger partial charge in [-0.25, -0.2) is 4.98 Å². The number of hydrogen-bond donors (Lipinski definition) is 1. The van der Waals surface area contributed by atoms with Crippen LogP contribution in [0, 0.1) is 0 Å². The second-order valence-electron chi connectivity index (χ2n) is 5.34. The van der Waals surface area contributed by atoms with E-state index in [1.54, 1.807) is 13.4 Å². The van der Waals surface area contributed by atoms with Crippen molar-refractivity contribution in [2.75, 3.05) is 19.0 Å². The molecule has 0 radical (unpaired) electrons. The minimum absolute atomic E-state index is 0.0438. The number of hydrogen-bond acceptors (Lipinski definition) is 6. The normalized spacial score (nSPS) is 13.5. The molecule has 5 nitrogen and oxygen atoms in total. The van der Waals surface area contributed by atoms with Crippen LogP contribution in [0.5, 0.6) is 0 Å². The first-order chi connectivity index (χ1) is 9.00. The van der Waals surface area contributed by atoms with Crippen LogP contribution in [0.15, 0.2) is 22.8 Å². The van der Waals surface area contributed by atoms with Gasteiger partial charge in [0.05, 0.1) is 12.9 Å². The summed E-state index contributed by atoms with van der Waals surface area (Å²) in [6.07, 6.45) is 1.65. The van der Waals surface area contributed by atoms with E-state index in [2.05, 4.69) is 35.4 Å². The van der Waals surface area contributed by atoms with Crippen molar-refractivity contribution < 1.29 is 9.15 Å². The number of nitrogens with zero attached hydrogens (tertiary/aromatic N) is 2. The summed E-state index contributed by atoms with van der Waals surface area (Å²) in [5, 5.41) is 4.08. The molecule has 0 spiro atoms. The molecule has 2 rings (SSSR count). The van der Waals surface area contributed by atoms with Crippen LogP contribution in [0.4, 0.5) is 5.13 Å². The van der Waals surface area contributed by atoms with Gasteiger partial charge >= 0.3 is 0 Å². The molecule has 2 heterocycles. The van der Waals surface area contributed by atoms with Crippen molar-refractivity contribution in [1.29, 1.82) is 0 Å². The maximum absolute atomic E-state index is 5.41. The van der Waals surface area contributed by atoms with E-state index >= 15 is 0 Å². The van der Waals surface area contributed by atoms with Gasteiger partial charge in [0.1, 0.15) is 17.6 Å². The third kappa shape index (κ3) is 3.54. The van der Waals surface area contributed by atoms with Gasteiger partial charge in [-0.1, -0.05) is 20.8 Å². The maximum Gasteiger partial charge on any atom is 0.203 e. The van der Waals surface area contributed by atoms with Gasteiger partial charge in [-0.05, 0) is 12.1 Å². The molecule has 0 aromatic carbocycles. The third-order valence-corrected chi connectivity index (χ3v) is 3.26. The summed E-state index contributed by atoms with van der Waals surface area (Å²) in [5.41, 5.74) is -0.0438. The molecule has 0 saturated carbocycles. The van der Waals surface area contributed by atoms with Crippen LogP contribution in [0.25, 0.3) is 0 Å². The number of rotatable bonds is 5. The van der Waals surface area contributed by atoms with E-state index in [0.29, 0.717) is 6.61 Å². The average Bonchev–Trinajstić information content (AvgIpc) is 2.98. The quantitative estimate of drug-likeness (QED) is 0.911. The molecule has 104 valence electrons. The highest BCUT2D eigenvalue weighted by molar-refractivity contribution is 7.09. The molecule has 2 aromatic rings. The Morgan fingerprint density at radius 1 is 1.47 bits per heavy atom. The van der Waals surface area contributed by atoms with E-state index in [1.165, 1.54) is 11.5 Å². The lowest BCUT2D eigenvalue weighted by Crippen LogP contribution is -2.16. The molecule has 19 heavy (non-hydrogen) atoms. The van der Waals surface area contributed by atoms with Gasteiger partial charge in [-0.15, -0.1) is 0 Å². The van der Waals surface area contributed by atoms with E-state index in [4.69, 9.17) is 9.15 Å². The molecule has 1 atom stereocenters. The Morgan fingerprint density at radius 2 is 2.26 bits per heavy atom. The molecular weight excluding hydrogens is 262 g/mol. The van der Waals surface area contributed by atoms with Gasteiger partial charge in [0.2, 0.25) is 5.13 Å². The first-order valence-corrected chi connectivity index (χ1v) is 6.91. The summed E-state index contributed by atoms with van der Waals surface area (Å²) in [6.45, 7) is 6.80. The smallest absolute Gasteiger partial charge is 0.203 e. The number of aromatic nitrogens is 2. The summed E-state index contributed by atoms with van der Waals surface area (Å²) >= 11 is 1.36. The molecule has 1 N–H and O–H groups in total. The van der Waals surface area contributed by atoms with Gasteiger partial charge in [-0.3, -0.25) is 0 Å². The zero-order valence-corrected chi connectivity index (χ0v) is 12.5. The van der Waals surface area contributed by atoms with Crippen LogP contribution in [0.2, 0.25) is 0 Å². The van der Waals surface area contributed by atoms with Crippen molar-refractivity contribution in [3.63, 3.8) is 0 Å². The molecule has 0 amide bonds. The molecule has 0 bridgehead atoms. The van der Waals surface area contributed by atoms with Crippen LogP contribution in [-0.2, 0) is 10.2 Å². The monoisotopic (exact) mass is 281 g/mol. The molecule has 0 aliphatic heterocycles.